The van der Waals surface area contributed by atoms with Crippen LogP contribution in [-0.4, -0.2) is 10.5 Å². The summed E-state index contributed by atoms with van der Waals surface area (Å²) in [5.74, 6) is 0.0520. The maximum absolute atomic E-state index is 11.1. The summed E-state index contributed by atoms with van der Waals surface area (Å²) in [7, 11) is 0. The molecule has 0 spiro atoms. The van der Waals surface area contributed by atoms with Crippen molar-refractivity contribution in [2.75, 3.05) is 0 Å². The van der Waals surface area contributed by atoms with Crippen LogP contribution in [0, 0.1) is 0 Å². The normalized spacial score (nSPS) is 7.94. The van der Waals surface area contributed by atoms with Gasteiger partial charge in [-0.2, -0.15) is 0 Å². The molecule has 0 saturated carbocycles. The summed E-state index contributed by atoms with van der Waals surface area (Å²) in [6, 6.07) is 9.77. The van der Waals surface area contributed by atoms with Crippen LogP contribution in [0.2, 0.25) is 0 Å². The van der Waals surface area contributed by atoms with Crippen molar-refractivity contribution in [3.63, 3.8) is 0 Å². The Morgan fingerprint density at radius 2 is 1.39 bits per heavy atom. The molecule has 1 heterocycles. The van der Waals surface area contributed by atoms with E-state index in [1.807, 2.05) is 71.9 Å². The lowest BCUT2D eigenvalue weighted by molar-refractivity contribution is 0.0941. The average Bonchev–Trinajstić information content (AvgIpc) is 2.89. The molecule has 0 aliphatic heterocycles. The molecular weight excluding hydrogens is 222 g/mol. The third-order valence-corrected chi connectivity index (χ3v) is 1.94. The fourth-order valence-corrected chi connectivity index (χ4v) is 1.36. The van der Waals surface area contributed by atoms with Gasteiger partial charge in [0.05, 0.1) is 5.52 Å². The summed E-state index contributed by atoms with van der Waals surface area (Å²) < 4.78 is 1.65. The Balaban J connectivity index is 0. The molecule has 0 fully saturated rings. The predicted octanol–water partition coefficient (Wildman–Crippen LogP) is 5.38. The number of carbonyl (C=O) groups is 1. The highest BCUT2D eigenvalue weighted by Gasteiger charge is 2.01. The molecule has 1 aromatic carbocycles. The van der Waals surface area contributed by atoms with Gasteiger partial charge in [0.15, 0.2) is 0 Å². The van der Waals surface area contributed by atoms with Gasteiger partial charge >= 0.3 is 0 Å². The first-order valence-electron chi connectivity index (χ1n) is 6.86. The number of hydrogen-bond donors (Lipinski definition) is 0. The predicted molar refractivity (Wildman–Crippen MR) is 82.3 cm³/mol. The van der Waals surface area contributed by atoms with Crippen LogP contribution in [0.15, 0.2) is 36.5 Å². The molecule has 18 heavy (non-hydrogen) atoms. The second-order valence-electron chi connectivity index (χ2n) is 2.76. The molecule has 102 valence electrons. The van der Waals surface area contributed by atoms with Crippen molar-refractivity contribution >= 4 is 16.8 Å². The molecule has 0 saturated heterocycles. The van der Waals surface area contributed by atoms with Crippen LogP contribution in [0.25, 0.3) is 10.9 Å². The van der Waals surface area contributed by atoms with Gasteiger partial charge in [0.1, 0.15) is 0 Å². The highest BCUT2D eigenvalue weighted by atomic mass is 16.1. The lowest BCUT2D eigenvalue weighted by Crippen LogP contribution is -2.02. The van der Waals surface area contributed by atoms with Gasteiger partial charge in [-0.25, -0.2) is 0 Å². The number of fused-ring (bicyclic) bond motifs is 1. The fraction of sp³-hybridized carbons (Fsp3) is 0.438. The molecular formula is C16H27NO. The van der Waals surface area contributed by atoms with E-state index in [0.29, 0.717) is 0 Å². The zero-order valence-corrected chi connectivity index (χ0v) is 12.8. The SMILES string of the molecule is CC.CC.CC.CC(=O)n1ccc2ccccc21. The maximum atomic E-state index is 11.1. The standard InChI is InChI=1S/C10H9NO.3C2H6/c1-8(12)11-7-6-9-4-2-3-5-10(9)11;3*1-2/h2-7H,1H3;3*1-2H3. The minimum atomic E-state index is 0.0520. The average molecular weight is 249 g/mol. The van der Waals surface area contributed by atoms with E-state index in [9.17, 15) is 4.79 Å². The zero-order valence-electron chi connectivity index (χ0n) is 12.8. The van der Waals surface area contributed by atoms with Gasteiger partial charge in [0, 0.05) is 18.5 Å². The minimum Gasteiger partial charge on any atom is -0.287 e. The van der Waals surface area contributed by atoms with E-state index in [1.165, 1.54) is 0 Å². The first kappa shape index (κ1) is 18.8. The second kappa shape index (κ2) is 11.9. The highest BCUT2D eigenvalue weighted by Crippen LogP contribution is 2.14. The summed E-state index contributed by atoms with van der Waals surface area (Å²) in [6.45, 7) is 13.6. The van der Waals surface area contributed by atoms with E-state index in [0.717, 1.165) is 10.9 Å². The molecule has 0 N–H and O–H groups in total. The van der Waals surface area contributed by atoms with Gasteiger partial charge in [-0.3, -0.25) is 9.36 Å². The Bertz CT molecular complexity index is 429. The molecule has 0 atom stereocenters. The van der Waals surface area contributed by atoms with E-state index >= 15 is 0 Å². The Morgan fingerprint density at radius 3 is 1.89 bits per heavy atom. The quantitative estimate of drug-likeness (QED) is 0.614. The lowest BCUT2D eigenvalue weighted by Gasteiger charge is -1.97. The molecule has 2 heteroatoms. The fourth-order valence-electron chi connectivity index (χ4n) is 1.36. The Morgan fingerprint density at radius 1 is 0.889 bits per heavy atom. The van der Waals surface area contributed by atoms with Crippen molar-refractivity contribution in [1.82, 2.24) is 4.57 Å². The molecule has 0 radical (unpaired) electrons. The van der Waals surface area contributed by atoms with Crippen LogP contribution in [0.3, 0.4) is 0 Å². The molecule has 1 aromatic heterocycles. The Hall–Kier alpha value is -1.57. The van der Waals surface area contributed by atoms with Crippen molar-refractivity contribution < 1.29 is 4.79 Å². The topological polar surface area (TPSA) is 22.0 Å². The number of aromatic nitrogens is 1. The van der Waals surface area contributed by atoms with Crippen molar-refractivity contribution in [3.8, 4) is 0 Å². The largest absolute Gasteiger partial charge is 0.287 e. The van der Waals surface area contributed by atoms with Crippen LogP contribution in [-0.2, 0) is 0 Å². The molecule has 0 aliphatic carbocycles. The molecule has 2 rings (SSSR count). The number of benzene rings is 1. The lowest BCUT2D eigenvalue weighted by atomic mass is 10.2. The summed E-state index contributed by atoms with van der Waals surface area (Å²) in [4.78, 5) is 11.1. The van der Waals surface area contributed by atoms with Crippen molar-refractivity contribution in [1.29, 1.82) is 0 Å². The molecule has 0 aliphatic rings. The first-order valence-corrected chi connectivity index (χ1v) is 6.86. The van der Waals surface area contributed by atoms with Crippen molar-refractivity contribution in [2.24, 2.45) is 0 Å². The highest BCUT2D eigenvalue weighted by molar-refractivity contribution is 5.91. The summed E-state index contributed by atoms with van der Waals surface area (Å²) in [6.07, 6.45) is 1.80. The van der Waals surface area contributed by atoms with Crippen molar-refractivity contribution in [3.05, 3.63) is 36.5 Å². The summed E-state index contributed by atoms with van der Waals surface area (Å²) >= 11 is 0. The Kier molecular flexibility index (Phi) is 12.4. The van der Waals surface area contributed by atoms with Gasteiger partial charge in [-0.05, 0) is 12.1 Å². The van der Waals surface area contributed by atoms with Gasteiger partial charge in [0.25, 0.3) is 0 Å². The van der Waals surface area contributed by atoms with Crippen LogP contribution in [0.5, 0.6) is 0 Å². The number of hydrogen-bond acceptors (Lipinski definition) is 1. The zero-order chi connectivity index (χ0) is 14.6. The van der Waals surface area contributed by atoms with E-state index in [-0.39, 0.29) is 5.91 Å². The molecule has 2 aromatic rings. The molecule has 2 nitrogen and oxygen atoms in total. The monoisotopic (exact) mass is 249 g/mol. The van der Waals surface area contributed by atoms with Crippen LogP contribution < -0.4 is 0 Å². The van der Waals surface area contributed by atoms with E-state index < -0.39 is 0 Å². The van der Waals surface area contributed by atoms with Gasteiger partial charge in [-0.1, -0.05) is 59.7 Å². The second-order valence-corrected chi connectivity index (χ2v) is 2.76. The first-order chi connectivity index (χ1) is 8.79. The summed E-state index contributed by atoms with van der Waals surface area (Å²) in [5.41, 5.74) is 0.977. The number of para-hydroxylation sites is 1. The third kappa shape index (κ3) is 5.17. The maximum Gasteiger partial charge on any atom is 0.227 e. The molecule has 0 bridgehead atoms. The number of carbonyl (C=O) groups excluding carboxylic acids is 1. The van der Waals surface area contributed by atoms with Crippen LogP contribution in [0.4, 0.5) is 0 Å². The molecule has 0 amide bonds. The Labute approximate surface area is 112 Å². The third-order valence-electron chi connectivity index (χ3n) is 1.94. The smallest absolute Gasteiger partial charge is 0.227 e. The molecule has 0 unspecified atom stereocenters. The van der Waals surface area contributed by atoms with Crippen LogP contribution >= 0.6 is 0 Å². The summed E-state index contributed by atoms with van der Waals surface area (Å²) in [5, 5.41) is 1.10. The van der Waals surface area contributed by atoms with E-state index in [2.05, 4.69) is 0 Å². The van der Waals surface area contributed by atoms with Gasteiger partial charge in [0.2, 0.25) is 5.91 Å². The number of nitrogens with zero attached hydrogens (tertiary/aromatic N) is 1. The minimum absolute atomic E-state index is 0.0520. The number of rotatable bonds is 0. The van der Waals surface area contributed by atoms with E-state index in [4.69, 9.17) is 0 Å². The van der Waals surface area contributed by atoms with Gasteiger partial charge in [-0.15, -0.1) is 0 Å². The van der Waals surface area contributed by atoms with E-state index in [1.54, 1.807) is 17.7 Å². The van der Waals surface area contributed by atoms with Gasteiger partial charge < -0.3 is 0 Å². The van der Waals surface area contributed by atoms with Crippen molar-refractivity contribution in [2.45, 2.75) is 48.5 Å². The van der Waals surface area contributed by atoms with Crippen LogP contribution in [0.1, 0.15) is 53.3 Å².